The smallest absolute Gasteiger partial charge is 0.355 e. The van der Waals surface area contributed by atoms with Crippen molar-refractivity contribution in [2.24, 2.45) is 0 Å². The van der Waals surface area contributed by atoms with E-state index in [0.717, 1.165) is 16.9 Å². The summed E-state index contributed by atoms with van der Waals surface area (Å²) in [6.07, 6.45) is 1.54. The molecule has 31 heavy (non-hydrogen) atoms. The Bertz CT molecular complexity index is 1080. The van der Waals surface area contributed by atoms with Crippen LogP contribution in [0.2, 0.25) is 0 Å². The van der Waals surface area contributed by atoms with E-state index in [1.54, 1.807) is 20.8 Å². The highest BCUT2D eigenvalue weighted by atomic mass is 16.5. The molecule has 0 spiro atoms. The number of nitrogens with one attached hydrogen (secondary N) is 1. The number of nitrogens with zero attached hydrogens (tertiary/aromatic N) is 1. The van der Waals surface area contributed by atoms with Gasteiger partial charge in [0.2, 0.25) is 0 Å². The molecule has 0 amide bonds. The van der Waals surface area contributed by atoms with Crippen molar-refractivity contribution in [1.29, 1.82) is 0 Å². The Hall–Kier alpha value is -3.35. The van der Waals surface area contributed by atoms with E-state index in [1.807, 2.05) is 30.1 Å². The Morgan fingerprint density at radius 2 is 1.77 bits per heavy atom. The number of fused-ring (bicyclic) bond motifs is 1. The second kappa shape index (κ2) is 8.41. The normalized spacial score (nSPS) is 15.7. The second-order valence-electron chi connectivity index (χ2n) is 8.12. The summed E-state index contributed by atoms with van der Waals surface area (Å²) >= 11 is 0. The predicted octanol–water partition coefficient (Wildman–Crippen LogP) is 3.85. The Balaban J connectivity index is 1.74. The van der Waals surface area contributed by atoms with Crippen LogP contribution in [0.1, 0.15) is 58.4 Å². The minimum absolute atomic E-state index is 0.215. The van der Waals surface area contributed by atoms with Gasteiger partial charge in [0.05, 0.1) is 12.2 Å². The van der Waals surface area contributed by atoms with Crippen molar-refractivity contribution in [2.45, 2.75) is 40.0 Å². The maximum Gasteiger partial charge on any atom is 0.355 e. The van der Waals surface area contributed by atoms with Gasteiger partial charge in [0, 0.05) is 35.6 Å². The Morgan fingerprint density at radius 3 is 2.42 bits per heavy atom. The van der Waals surface area contributed by atoms with Gasteiger partial charge in [-0.05, 0) is 38.0 Å². The first-order valence-corrected chi connectivity index (χ1v) is 10.2. The fourth-order valence-electron chi connectivity index (χ4n) is 4.13. The number of benzene rings is 1. The first-order valence-electron chi connectivity index (χ1n) is 10.2. The molecule has 1 aromatic heterocycles. The average molecular weight is 424 g/mol. The molecule has 1 aromatic carbocycles. The molecular weight excluding hydrogens is 396 g/mol. The zero-order valence-corrected chi connectivity index (χ0v) is 18.8. The third-order valence-electron chi connectivity index (χ3n) is 5.70. The molecule has 7 heteroatoms. The molecule has 1 aliphatic rings. The molecule has 164 valence electrons. The van der Waals surface area contributed by atoms with Gasteiger partial charge in [-0.3, -0.25) is 4.79 Å². The van der Waals surface area contributed by atoms with Crippen LogP contribution in [0.15, 0.2) is 36.0 Å². The molecule has 7 nitrogen and oxygen atoms in total. The average Bonchev–Trinajstić information content (AvgIpc) is 3.12. The highest BCUT2D eigenvalue weighted by molar-refractivity contribution is 6.00. The van der Waals surface area contributed by atoms with E-state index >= 15 is 0 Å². The first-order chi connectivity index (χ1) is 14.6. The summed E-state index contributed by atoms with van der Waals surface area (Å²) in [5.41, 5.74) is 4.08. The molecule has 0 radical (unpaired) electrons. The minimum atomic E-state index is -0.657. The number of H-pyrrole nitrogens is 1. The van der Waals surface area contributed by atoms with Crippen LogP contribution in [0, 0.1) is 13.8 Å². The number of carbonyl (C=O) groups is 3. The monoisotopic (exact) mass is 424 g/mol. The number of rotatable bonds is 6. The van der Waals surface area contributed by atoms with Crippen LogP contribution in [0.5, 0.6) is 0 Å². The van der Waals surface area contributed by atoms with Crippen molar-refractivity contribution < 1.29 is 23.9 Å². The first kappa shape index (κ1) is 22.3. The van der Waals surface area contributed by atoms with Crippen molar-refractivity contribution >= 4 is 23.4 Å². The molecule has 0 fully saturated rings. The van der Waals surface area contributed by atoms with E-state index in [-0.39, 0.29) is 35.7 Å². The largest absolute Gasteiger partial charge is 0.461 e. The number of para-hydroxylation sites is 1. The molecule has 1 N–H and O–H groups in total. The molecule has 0 saturated heterocycles. The maximum atomic E-state index is 12.6. The van der Waals surface area contributed by atoms with Crippen molar-refractivity contribution in [3.05, 3.63) is 64.1 Å². The predicted molar refractivity (Wildman–Crippen MR) is 117 cm³/mol. The number of anilines is 1. The van der Waals surface area contributed by atoms with Gasteiger partial charge in [0.1, 0.15) is 5.69 Å². The number of aromatic nitrogens is 1. The Kier molecular flexibility index (Phi) is 6.06. The Labute approximate surface area is 182 Å². The van der Waals surface area contributed by atoms with Crippen LogP contribution in [-0.4, -0.2) is 43.0 Å². The number of hydrogen-bond acceptors (Lipinski definition) is 6. The standard InChI is InChI=1S/C24H28N2O5/c1-7-30-23(29)21-14(2)20(15(3)25-21)22(28)31-13-16(27)12-19-24(4,5)17-10-8-9-11-18(17)26(19)6/h8-12,25H,7,13H2,1-6H3. The molecular formula is C24H28N2O5. The van der Waals surface area contributed by atoms with E-state index in [4.69, 9.17) is 9.47 Å². The maximum absolute atomic E-state index is 12.6. The highest BCUT2D eigenvalue weighted by Gasteiger charge is 2.38. The summed E-state index contributed by atoms with van der Waals surface area (Å²) in [5.74, 6) is -1.50. The van der Waals surface area contributed by atoms with Gasteiger partial charge in [0.15, 0.2) is 12.4 Å². The molecule has 2 heterocycles. The lowest BCUT2D eigenvalue weighted by molar-refractivity contribution is -0.117. The summed E-state index contributed by atoms with van der Waals surface area (Å²) in [6, 6.07) is 8.01. The number of allylic oxidation sites excluding steroid dienone is 1. The molecule has 1 aliphatic heterocycles. The van der Waals surface area contributed by atoms with Crippen molar-refractivity contribution in [1.82, 2.24) is 4.98 Å². The lowest BCUT2D eigenvalue weighted by Crippen LogP contribution is -2.25. The zero-order valence-electron chi connectivity index (χ0n) is 18.8. The number of ketones is 1. The van der Waals surface area contributed by atoms with Crippen LogP contribution in [-0.2, 0) is 19.7 Å². The number of likely N-dealkylation sites (N-methyl/N-ethyl adjacent to an activating group) is 1. The molecule has 0 aliphatic carbocycles. The van der Waals surface area contributed by atoms with Crippen LogP contribution in [0.4, 0.5) is 5.69 Å². The van der Waals surface area contributed by atoms with E-state index in [0.29, 0.717) is 11.3 Å². The molecule has 0 unspecified atom stereocenters. The number of carbonyl (C=O) groups excluding carboxylic acids is 3. The fraction of sp³-hybridized carbons (Fsp3) is 0.375. The van der Waals surface area contributed by atoms with Gasteiger partial charge in [-0.2, -0.15) is 0 Å². The molecule has 0 atom stereocenters. The summed E-state index contributed by atoms with van der Waals surface area (Å²) in [7, 11) is 1.92. The van der Waals surface area contributed by atoms with Gasteiger partial charge in [-0.1, -0.05) is 32.0 Å². The summed E-state index contributed by atoms with van der Waals surface area (Å²) < 4.78 is 10.3. The number of aryl methyl sites for hydroxylation is 1. The number of esters is 2. The second-order valence-corrected chi connectivity index (χ2v) is 8.12. The van der Waals surface area contributed by atoms with Crippen molar-refractivity contribution in [3.63, 3.8) is 0 Å². The minimum Gasteiger partial charge on any atom is -0.461 e. The van der Waals surface area contributed by atoms with Crippen molar-refractivity contribution in [2.75, 3.05) is 25.2 Å². The highest BCUT2D eigenvalue weighted by Crippen LogP contribution is 2.46. The zero-order chi connectivity index (χ0) is 22.9. The Morgan fingerprint density at radius 1 is 1.10 bits per heavy atom. The van der Waals surface area contributed by atoms with Gasteiger partial charge in [-0.15, -0.1) is 0 Å². The van der Waals surface area contributed by atoms with Crippen LogP contribution in [0.25, 0.3) is 0 Å². The number of hydrogen-bond donors (Lipinski definition) is 1. The third-order valence-corrected chi connectivity index (χ3v) is 5.70. The summed E-state index contributed by atoms with van der Waals surface area (Å²) in [4.78, 5) is 42.1. The lowest BCUT2D eigenvalue weighted by atomic mass is 9.83. The van der Waals surface area contributed by atoms with E-state index in [9.17, 15) is 14.4 Å². The van der Waals surface area contributed by atoms with Gasteiger partial charge in [-0.25, -0.2) is 9.59 Å². The van der Waals surface area contributed by atoms with E-state index in [2.05, 4.69) is 24.9 Å². The summed E-state index contributed by atoms with van der Waals surface area (Å²) in [5, 5.41) is 0. The van der Waals surface area contributed by atoms with Crippen LogP contribution in [0.3, 0.4) is 0 Å². The molecule has 0 saturated carbocycles. The van der Waals surface area contributed by atoms with Crippen LogP contribution >= 0.6 is 0 Å². The van der Waals surface area contributed by atoms with Gasteiger partial charge >= 0.3 is 11.9 Å². The topological polar surface area (TPSA) is 88.7 Å². The lowest BCUT2D eigenvalue weighted by Gasteiger charge is -2.23. The van der Waals surface area contributed by atoms with Crippen LogP contribution < -0.4 is 4.90 Å². The quantitative estimate of drug-likeness (QED) is 0.560. The van der Waals surface area contributed by atoms with E-state index in [1.165, 1.54) is 6.08 Å². The van der Waals surface area contributed by atoms with Gasteiger partial charge in [0.25, 0.3) is 0 Å². The molecule has 3 rings (SSSR count). The molecule has 2 aromatic rings. The third kappa shape index (κ3) is 4.00. The SMILES string of the molecule is CCOC(=O)c1[nH]c(C)c(C(=O)OCC(=O)C=C2N(C)c3ccccc3C2(C)C)c1C. The molecule has 0 bridgehead atoms. The summed E-state index contributed by atoms with van der Waals surface area (Å²) in [6.45, 7) is 8.98. The number of ether oxygens (including phenoxy) is 2. The number of aromatic amines is 1. The van der Waals surface area contributed by atoms with E-state index < -0.39 is 11.9 Å². The van der Waals surface area contributed by atoms with Gasteiger partial charge < -0.3 is 19.4 Å². The van der Waals surface area contributed by atoms with Crippen molar-refractivity contribution in [3.8, 4) is 0 Å². The fourth-order valence-corrected chi connectivity index (χ4v) is 4.13.